The molecule has 1 saturated carbocycles. The van der Waals surface area contributed by atoms with Crippen molar-refractivity contribution in [2.24, 2.45) is 4.99 Å². The number of aliphatic imine (C=N–C) groups is 1. The van der Waals surface area contributed by atoms with Gasteiger partial charge in [0.05, 0.1) is 5.54 Å². The lowest BCUT2D eigenvalue weighted by atomic mass is 9.84. The van der Waals surface area contributed by atoms with Gasteiger partial charge in [0.25, 0.3) is 0 Å². The van der Waals surface area contributed by atoms with Crippen molar-refractivity contribution < 1.29 is 0 Å². The molecule has 1 aliphatic carbocycles. The van der Waals surface area contributed by atoms with Crippen LogP contribution in [0.3, 0.4) is 0 Å². The van der Waals surface area contributed by atoms with E-state index in [-0.39, 0.29) is 5.54 Å². The van der Waals surface area contributed by atoms with Gasteiger partial charge in [0.1, 0.15) is 0 Å². The zero-order valence-corrected chi connectivity index (χ0v) is 12.8. The molecular weight excluding hydrogens is 276 g/mol. The van der Waals surface area contributed by atoms with Gasteiger partial charge in [-0.05, 0) is 37.5 Å². The summed E-state index contributed by atoms with van der Waals surface area (Å²) in [6.45, 7) is 2.09. The minimum absolute atomic E-state index is 0.220. The first-order valence-corrected chi connectivity index (χ1v) is 8.29. The van der Waals surface area contributed by atoms with Gasteiger partial charge in [0.2, 0.25) is 0 Å². The van der Waals surface area contributed by atoms with Gasteiger partial charge in [-0.2, -0.15) is 0 Å². The molecule has 0 unspecified atom stereocenters. The van der Waals surface area contributed by atoms with Crippen molar-refractivity contribution in [2.45, 2.75) is 44.6 Å². The predicted molar refractivity (Wildman–Crippen MR) is 85.5 cm³/mol. The van der Waals surface area contributed by atoms with E-state index in [0.29, 0.717) is 0 Å². The number of hydrogen-bond acceptors (Lipinski definition) is 3. The molecule has 0 saturated heterocycles. The van der Waals surface area contributed by atoms with Crippen LogP contribution in [-0.2, 0) is 0 Å². The van der Waals surface area contributed by atoms with Crippen LogP contribution in [0.5, 0.6) is 0 Å². The van der Waals surface area contributed by atoms with Gasteiger partial charge in [-0.1, -0.05) is 48.7 Å². The van der Waals surface area contributed by atoms with E-state index < -0.39 is 0 Å². The summed E-state index contributed by atoms with van der Waals surface area (Å²) in [7, 11) is 0. The van der Waals surface area contributed by atoms with E-state index in [0.717, 1.165) is 21.6 Å². The molecule has 4 heteroatoms. The number of nitrogens with zero attached hydrogens (tertiary/aromatic N) is 1. The zero-order valence-electron chi connectivity index (χ0n) is 11.2. The Morgan fingerprint density at radius 1 is 1.26 bits per heavy atom. The van der Waals surface area contributed by atoms with Crippen molar-refractivity contribution in [3.8, 4) is 0 Å². The van der Waals surface area contributed by atoms with Crippen molar-refractivity contribution in [3.05, 3.63) is 28.8 Å². The fourth-order valence-corrected chi connectivity index (χ4v) is 4.23. The number of halogens is 1. The third kappa shape index (κ3) is 2.92. The third-order valence-corrected chi connectivity index (χ3v) is 5.43. The van der Waals surface area contributed by atoms with Crippen LogP contribution < -0.4 is 5.32 Å². The van der Waals surface area contributed by atoms with Gasteiger partial charge in [-0.15, -0.1) is 0 Å². The second-order valence-electron chi connectivity index (χ2n) is 5.57. The summed E-state index contributed by atoms with van der Waals surface area (Å²) >= 11 is 7.91. The zero-order chi connectivity index (χ0) is 13.3. The van der Waals surface area contributed by atoms with E-state index in [2.05, 4.69) is 12.2 Å². The highest BCUT2D eigenvalue weighted by Crippen LogP contribution is 2.40. The maximum Gasteiger partial charge on any atom is 0.161 e. The minimum Gasteiger partial charge on any atom is -0.335 e. The Morgan fingerprint density at radius 2 is 2.05 bits per heavy atom. The van der Waals surface area contributed by atoms with Crippen molar-refractivity contribution in [1.82, 2.24) is 0 Å². The van der Waals surface area contributed by atoms with E-state index in [9.17, 15) is 0 Å². The first-order valence-electron chi connectivity index (χ1n) is 6.93. The molecule has 19 heavy (non-hydrogen) atoms. The minimum atomic E-state index is 0.220. The van der Waals surface area contributed by atoms with Crippen molar-refractivity contribution >= 4 is 34.2 Å². The molecule has 0 bridgehead atoms. The Hall–Kier alpha value is -0.670. The Bertz CT molecular complexity index is 507. The lowest BCUT2D eigenvalue weighted by molar-refractivity contribution is 0.335. The van der Waals surface area contributed by atoms with E-state index in [1.807, 2.05) is 30.0 Å². The number of rotatable bonds is 1. The highest BCUT2D eigenvalue weighted by Gasteiger charge is 2.36. The Labute approximate surface area is 124 Å². The highest BCUT2D eigenvalue weighted by molar-refractivity contribution is 8.14. The van der Waals surface area contributed by atoms with Crippen LogP contribution in [0, 0.1) is 6.92 Å². The molecule has 102 valence electrons. The van der Waals surface area contributed by atoms with E-state index >= 15 is 0 Å². The molecule has 1 aliphatic heterocycles. The average molecular weight is 295 g/mol. The third-order valence-electron chi connectivity index (χ3n) is 4.04. The van der Waals surface area contributed by atoms with Crippen LogP contribution >= 0.6 is 23.4 Å². The Kier molecular flexibility index (Phi) is 3.77. The average Bonchev–Trinajstić information content (AvgIpc) is 2.78. The molecule has 0 atom stereocenters. The second-order valence-corrected chi connectivity index (χ2v) is 6.98. The second kappa shape index (κ2) is 5.37. The monoisotopic (exact) mass is 294 g/mol. The molecule has 3 rings (SSSR count). The van der Waals surface area contributed by atoms with Crippen molar-refractivity contribution in [2.75, 3.05) is 11.1 Å². The number of benzene rings is 1. The molecule has 1 heterocycles. The van der Waals surface area contributed by atoms with Gasteiger partial charge in [0, 0.05) is 16.5 Å². The number of nitrogens with one attached hydrogen (secondary N) is 1. The van der Waals surface area contributed by atoms with Crippen LogP contribution in [0.2, 0.25) is 5.02 Å². The predicted octanol–water partition coefficient (Wildman–Crippen LogP) is 4.87. The molecule has 0 amide bonds. The molecule has 1 N–H and O–H groups in total. The summed E-state index contributed by atoms with van der Waals surface area (Å²) < 4.78 is 0. The molecule has 1 fully saturated rings. The van der Waals surface area contributed by atoms with Crippen molar-refractivity contribution in [3.63, 3.8) is 0 Å². The summed E-state index contributed by atoms with van der Waals surface area (Å²) in [6, 6.07) is 5.95. The van der Waals surface area contributed by atoms with E-state index in [1.165, 1.54) is 37.7 Å². The number of hydrogen-bond donors (Lipinski definition) is 1. The number of thioether (sulfide) groups is 1. The van der Waals surface area contributed by atoms with Gasteiger partial charge in [-0.3, -0.25) is 4.99 Å². The van der Waals surface area contributed by atoms with Crippen LogP contribution in [0.1, 0.15) is 37.7 Å². The molecule has 1 aromatic rings. The van der Waals surface area contributed by atoms with Crippen molar-refractivity contribution in [1.29, 1.82) is 0 Å². The topological polar surface area (TPSA) is 24.4 Å². The maximum atomic E-state index is 6.06. The van der Waals surface area contributed by atoms with Gasteiger partial charge in [0.15, 0.2) is 5.17 Å². The lowest BCUT2D eigenvalue weighted by Gasteiger charge is -2.29. The first-order chi connectivity index (χ1) is 9.17. The molecule has 0 aromatic heterocycles. The molecule has 2 nitrogen and oxygen atoms in total. The van der Waals surface area contributed by atoms with Gasteiger partial charge in [-0.25, -0.2) is 0 Å². The lowest BCUT2D eigenvalue weighted by Crippen LogP contribution is -2.29. The molecular formula is C15H19ClN2S. The van der Waals surface area contributed by atoms with Crippen LogP contribution in [-0.4, -0.2) is 16.5 Å². The Balaban J connectivity index is 1.77. The van der Waals surface area contributed by atoms with E-state index in [4.69, 9.17) is 16.6 Å². The maximum absolute atomic E-state index is 6.06. The quantitative estimate of drug-likeness (QED) is 0.799. The van der Waals surface area contributed by atoms with Crippen LogP contribution in [0.25, 0.3) is 0 Å². The number of anilines is 1. The normalized spacial score (nSPS) is 21.5. The highest BCUT2D eigenvalue weighted by atomic mass is 35.5. The fraction of sp³-hybridized carbons (Fsp3) is 0.533. The summed E-state index contributed by atoms with van der Waals surface area (Å²) in [5.41, 5.74) is 2.50. The molecule has 0 radical (unpaired) electrons. The Morgan fingerprint density at radius 3 is 2.84 bits per heavy atom. The number of amidine groups is 1. The SMILES string of the molecule is Cc1ccc(Cl)cc1NC1=NC2(CCCCC2)CS1. The van der Waals surface area contributed by atoms with Gasteiger partial charge < -0.3 is 5.32 Å². The van der Waals surface area contributed by atoms with Crippen LogP contribution in [0.4, 0.5) is 5.69 Å². The fourth-order valence-electron chi connectivity index (χ4n) is 2.86. The largest absolute Gasteiger partial charge is 0.335 e. The standard InChI is InChI=1S/C15H19ClN2S/c1-11-5-6-12(16)9-13(11)17-14-18-15(10-19-14)7-3-2-4-8-15/h5-6,9H,2-4,7-8,10H2,1H3,(H,17,18). The van der Waals surface area contributed by atoms with Crippen LogP contribution in [0.15, 0.2) is 23.2 Å². The van der Waals surface area contributed by atoms with E-state index in [1.54, 1.807) is 0 Å². The van der Waals surface area contributed by atoms with Gasteiger partial charge >= 0.3 is 0 Å². The molecule has 1 aromatic carbocycles. The summed E-state index contributed by atoms with van der Waals surface area (Å²) in [4.78, 5) is 4.97. The molecule has 1 spiro atoms. The summed E-state index contributed by atoms with van der Waals surface area (Å²) in [5, 5.41) is 5.28. The number of aryl methyl sites for hydroxylation is 1. The molecule has 2 aliphatic rings. The first kappa shape index (κ1) is 13.3. The summed E-state index contributed by atoms with van der Waals surface area (Å²) in [5.74, 6) is 1.13. The smallest absolute Gasteiger partial charge is 0.161 e. The summed E-state index contributed by atoms with van der Waals surface area (Å²) in [6.07, 6.45) is 6.53.